The Bertz CT molecular complexity index is 802. The van der Waals surface area contributed by atoms with Gasteiger partial charge in [0.15, 0.2) is 0 Å². The molecule has 0 saturated carbocycles. The summed E-state index contributed by atoms with van der Waals surface area (Å²) in [5.74, 6) is 0.672. The Hall–Kier alpha value is -2.11. The number of rotatable bonds is 4. The Morgan fingerprint density at radius 2 is 1.79 bits per heavy atom. The van der Waals surface area contributed by atoms with Gasteiger partial charge in [0.1, 0.15) is 10.1 Å². The number of thiocarbonyl (C=S) groups is 1. The van der Waals surface area contributed by atoms with Crippen molar-refractivity contribution in [2.24, 2.45) is 0 Å². The van der Waals surface area contributed by atoms with Crippen LogP contribution >= 0.6 is 24.0 Å². The first kappa shape index (κ1) is 16.7. The van der Waals surface area contributed by atoms with E-state index in [-0.39, 0.29) is 11.9 Å². The summed E-state index contributed by atoms with van der Waals surface area (Å²) in [5.41, 5.74) is 1.93. The van der Waals surface area contributed by atoms with E-state index in [2.05, 4.69) is 0 Å². The van der Waals surface area contributed by atoms with Crippen molar-refractivity contribution in [2.45, 2.75) is 13.0 Å². The summed E-state index contributed by atoms with van der Waals surface area (Å²) in [6, 6.07) is 17.4. The minimum absolute atomic E-state index is 0.0627. The van der Waals surface area contributed by atoms with Crippen molar-refractivity contribution in [3.63, 3.8) is 0 Å². The second kappa shape index (κ2) is 7.20. The van der Waals surface area contributed by atoms with E-state index in [0.29, 0.717) is 9.23 Å². The number of ether oxygens (including phenoxy) is 1. The highest BCUT2D eigenvalue weighted by Crippen LogP contribution is 2.38. The molecule has 0 radical (unpaired) electrons. The number of benzene rings is 2. The number of amides is 1. The normalized spacial score (nSPS) is 17.4. The zero-order chi connectivity index (χ0) is 17.1. The molecule has 0 aromatic heterocycles. The Balaban J connectivity index is 1.90. The minimum Gasteiger partial charge on any atom is -0.496 e. The lowest BCUT2D eigenvalue weighted by Gasteiger charge is -2.23. The van der Waals surface area contributed by atoms with Crippen LogP contribution in [-0.4, -0.2) is 22.2 Å². The van der Waals surface area contributed by atoms with E-state index < -0.39 is 0 Å². The molecule has 1 heterocycles. The highest BCUT2D eigenvalue weighted by molar-refractivity contribution is 8.26. The fourth-order valence-corrected chi connectivity index (χ4v) is 4.03. The van der Waals surface area contributed by atoms with E-state index in [1.165, 1.54) is 11.8 Å². The number of para-hydroxylation sites is 1. The van der Waals surface area contributed by atoms with Gasteiger partial charge in [0.05, 0.1) is 18.1 Å². The number of hydrogen-bond donors (Lipinski definition) is 0. The lowest BCUT2D eigenvalue weighted by Crippen LogP contribution is -2.30. The number of thioether (sulfide) groups is 1. The van der Waals surface area contributed by atoms with E-state index in [0.717, 1.165) is 16.9 Å². The Kier molecular flexibility index (Phi) is 5.02. The Morgan fingerprint density at radius 1 is 1.12 bits per heavy atom. The number of hydrogen-bond acceptors (Lipinski definition) is 4. The van der Waals surface area contributed by atoms with Crippen LogP contribution in [0.5, 0.6) is 5.75 Å². The van der Waals surface area contributed by atoms with Crippen LogP contribution in [0.15, 0.2) is 59.5 Å². The van der Waals surface area contributed by atoms with E-state index in [9.17, 15) is 4.79 Å². The summed E-state index contributed by atoms with van der Waals surface area (Å²) in [4.78, 5) is 15.1. The van der Waals surface area contributed by atoms with E-state index in [1.807, 2.05) is 67.6 Å². The highest BCUT2D eigenvalue weighted by atomic mass is 32.2. The first-order chi connectivity index (χ1) is 11.6. The second-order valence-corrected chi connectivity index (χ2v) is 7.06. The number of carbonyl (C=O) groups is 1. The molecule has 2 aromatic rings. The van der Waals surface area contributed by atoms with Crippen LogP contribution in [0.25, 0.3) is 6.08 Å². The van der Waals surface area contributed by atoms with Gasteiger partial charge in [-0.1, -0.05) is 72.5 Å². The van der Waals surface area contributed by atoms with Crippen LogP contribution in [0.2, 0.25) is 0 Å². The Morgan fingerprint density at radius 3 is 2.50 bits per heavy atom. The number of methoxy groups -OCH3 is 1. The maximum atomic E-state index is 12.8. The maximum Gasteiger partial charge on any atom is 0.266 e. The molecule has 0 spiro atoms. The van der Waals surface area contributed by atoms with E-state index in [1.54, 1.807) is 12.0 Å². The molecule has 3 nitrogen and oxygen atoms in total. The molecule has 1 saturated heterocycles. The first-order valence-corrected chi connectivity index (χ1v) is 8.79. The zero-order valence-corrected chi connectivity index (χ0v) is 15.1. The molecule has 1 fully saturated rings. The van der Waals surface area contributed by atoms with Crippen molar-refractivity contribution >= 4 is 40.3 Å². The second-order valence-electron chi connectivity index (χ2n) is 5.38. The number of carbonyl (C=O) groups excluding carboxylic acids is 1. The molecule has 5 heteroatoms. The van der Waals surface area contributed by atoms with E-state index >= 15 is 0 Å². The third-order valence-electron chi connectivity index (χ3n) is 3.92. The van der Waals surface area contributed by atoms with Crippen LogP contribution in [0.1, 0.15) is 24.1 Å². The summed E-state index contributed by atoms with van der Waals surface area (Å²) in [6.07, 6.45) is 1.84. The SMILES string of the molecule is COc1ccccc1/C=C1\SC(=S)N(C(C)c2ccccc2)C1=O. The lowest BCUT2D eigenvalue weighted by molar-refractivity contribution is -0.123. The fourth-order valence-electron chi connectivity index (χ4n) is 2.62. The molecule has 0 aliphatic carbocycles. The fraction of sp³-hybridized carbons (Fsp3) is 0.158. The van der Waals surface area contributed by atoms with Gasteiger partial charge in [-0.2, -0.15) is 0 Å². The Labute approximate surface area is 151 Å². The van der Waals surface area contributed by atoms with Crippen LogP contribution in [0, 0.1) is 0 Å². The van der Waals surface area contributed by atoms with Gasteiger partial charge in [0.2, 0.25) is 0 Å². The topological polar surface area (TPSA) is 29.5 Å². The van der Waals surface area contributed by atoms with Gasteiger partial charge in [-0.3, -0.25) is 9.69 Å². The van der Waals surface area contributed by atoms with Gasteiger partial charge in [-0.25, -0.2) is 0 Å². The zero-order valence-electron chi connectivity index (χ0n) is 13.4. The molecule has 1 amide bonds. The first-order valence-electron chi connectivity index (χ1n) is 7.57. The third kappa shape index (κ3) is 3.23. The van der Waals surface area contributed by atoms with Gasteiger partial charge >= 0.3 is 0 Å². The molecule has 24 heavy (non-hydrogen) atoms. The molecule has 2 aromatic carbocycles. The monoisotopic (exact) mass is 355 g/mol. The molecule has 0 N–H and O–H groups in total. The smallest absolute Gasteiger partial charge is 0.266 e. The van der Waals surface area contributed by atoms with Crippen molar-refractivity contribution in [3.05, 3.63) is 70.6 Å². The van der Waals surface area contributed by atoms with Crippen molar-refractivity contribution in [3.8, 4) is 5.75 Å². The minimum atomic E-state index is -0.0951. The summed E-state index contributed by atoms with van der Waals surface area (Å²) < 4.78 is 5.93. The van der Waals surface area contributed by atoms with Gasteiger partial charge in [0, 0.05) is 5.56 Å². The van der Waals surface area contributed by atoms with Crippen molar-refractivity contribution in [1.29, 1.82) is 0 Å². The molecule has 1 unspecified atom stereocenters. The van der Waals surface area contributed by atoms with Gasteiger partial charge < -0.3 is 4.74 Å². The summed E-state index contributed by atoms with van der Waals surface area (Å²) >= 11 is 6.78. The largest absolute Gasteiger partial charge is 0.496 e. The molecule has 1 atom stereocenters. The van der Waals surface area contributed by atoms with Crippen LogP contribution in [0.3, 0.4) is 0 Å². The van der Waals surface area contributed by atoms with Crippen LogP contribution in [0.4, 0.5) is 0 Å². The summed E-state index contributed by atoms with van der Waals surface area (Å²) in [6.45, 7) is 1.99. The molecular formula is C19H17NO2S2. The van der Waals surface area contributed by atoms with Gasteiger partial charge in [-0.15, -0.1) is 0 Å². The predicted molar refractivity (Wildman–Crippen MR) is 103 cm³/mol. The average molecular weight is 355 g/mol. The summed E-state index contributed by atoms with van der Waals surface area (Å²) in [5, 5.41) is 0. The van der Waals surface area contributed by atoms with E-state index in [4.69, 9.17) is 17.0 Å². The standard InChI is InChI=1S/C19H17NO2S2/c1-13(14-8-4-3-5-9-14)20-18(21)17(24-19(20)23)12-15-10-6-7-11-16(15)22-2/h3-13H,1-2H3/b17-12-. The van der Waals surface area contributed by atoms with Crippen molar-refractivity contribution in [2.75, 3.05) is 7.11 Å². The van der Waals surface area contributed by atoms with Gasteiger partial charge in [-0.05, 0) is 24.6 Å². The summed E-state index contributed by atoms with van der Waals surface area (Å²) in [7, 11) is 1.62. The van der Waals surface area contributed by atoms with Gasteiger partial charge in [0.25, 0.3) is 5.91 Å². The predicted octanol–water partition coefficient (Wildman–Crippen LogP) is 4.66. The molecular weight excluding hydrogens is 338 g/mol. The van der Waals surface area contributed by atoms with Crippen molar-refractivity contribution < 1.29 is 9.53 Å². The lowest BCUT2D eigenvalue weighted by atomic mass is 10.1. The molecule has 1 aliphatic heterocycles. The maximum absolute atomic E-state index is 12.8. The quantitative estimate of drug-likeness (QED) is 0.589. The third-order valence-corrected chi connectivity index (χ3v) is 5.25. The molecule has 1 aliphatic rings. The van der Waals surface area contributed by atoms with Crippen LogP contribution in [-0.2, 0) is 4.79 Å². The number of nitrogens with zero attached hydrogens (tertiary/aromatic N) is 1. The molecule has 0 bridgehead atoms. The molecule has 3 rings (SSSR count). The molecule has 122 valence electrons. The van der Waals surface area contributed by atoms with Crippen LogP contribution < -0.4 is 4.74 Å². The highest BCUT2D eigenvalue weighted by Gasteiger charge is 2.35. The van der Waals surface area contributed by atoms with Crippen molar-refractivity contribution in [1.82, 2.24) is 4.90 Å². The average Bonchev–Trinajstić information content (AvgIpc) is 2.89.